The first kappa shape index (κ1) is 25.4. The van der Waals surface area contributed by atoms with E-state index in [0.29, 0.717) is 32.7 Å². The lowest BCUT2D eigenvalue weighted by atomic mass is 9.76. The molecule has 1 fully saturated rings. The molecule has 4 aromatic rings. The molecule has 208 valence electrons. The zero-order valence-electron chi connectivity index (χ0n) is 23.6. The molecule has 0 amide bonds. The minimum atomic E-state index is -0.746. The van der Waals surface area contributed by atoms with E-state index < -0.39 is 6.17 Å². The maximum Gasteiger partial charge on any atom is 0.144 e. The molecule has 1 N–H and O–H groups in total. The Labute approximate surface area is 234 Å². The van der Waals surface area contributed by atoms with Gasteiger partial charge in [0.1, 0.15) is 36.0 Å². The minimum absolute atomic E-state index is 0.208. The van der Waals surface area contributed by atoms with Crippen LogP contribution in [0.1, 0.15) is 55.2 Å². The number of imidazole rings is 1. The Balaban J connectivity index is 1.24. The van der Waals surface area contributed by atoms with Crippen LogP contribution in [-0.2, 0) is 25.9 Å². The summed E-state index contributed by atoms with van der Waals surface area (Å²) in [5, 5.41) is 0. The second kappa shape index (κ2) is 9.84. The van der Waals surface area contributed by atoms with Crippen LogP contribution in [0.4, 0.5) is 10.2 Å². The van der Waals surface area contributed by atoms with E-state index in [4.69, 9.17) is 14.7 Å². The smallest absolute Gasteiger partial charge is 0.144 e. The number of likely N-dealkylation sites (tertiary alicyclic amines) is 1. The van der Waals surface area contributed by atoms with E-state index in [9.17, 15) is 4.39 Å². The van der Waals surface area contributed by atoms with Crippen LogP contribution in [0.25, 0.3) is 22.2 Å². The molecule has 7 nitrogen and oxygen atoms in total. The van der Waals surface area contributed by atoms with Crippen LogP contribution >= 0.6 is 0 Å². The number of nitrogens with zero attached hydrogens (tertiary/aromatic N) is 5. The van der Waals surface area contributed by atoms with Gasteiger partial charge in [0.25, 0.3) is 0 Å². The first-order valence-corrected chi connectivity index (χ1v) is 14.5. The zero-order valence-corrected chi connectivity index (χ0v) is 23.6. The van der Waals surface area contributed by atoms with Gasteiger partial charge in [0.2, 0.25) is 0 Å². The third-order valence-electron chi connectivity index (χ3n) is 8.66. The van der Waals surface area contributed by atoms with Crippen molar-refractivity contribution in [1.29, 1.82) is 0 Å². The van der Waals surface area contributed by atoms with E-state index in [1.54, 1.807) is 0 Å². The summed E-state index contributed by atoms with van der Waals surface area (Å²) < 4.78 is 20.2. The summed E-state index contributed by atoms with van der Waals surface area (Å²) in [6.45, 7) is 10.6. The van der Waals surface area contributed by atoms with Crippen molar-refractivity contribution < 1.29 is 9.13 Å². The summed E-state index contributed by atoms with van der Waals surface area (Å²) in [6, 6.07) is 12.9. The highest BCUT2D eigenvalue weighted by Gasteiger charge is 2.32. The van der Waals surface area contributed by atoms with Crippen LogP contribution in [0.2, 0.25) is 0 Å². The van der Waals surface area contributed by atoms with E-state index in [-0.39, 0.29) is 5.41 Å². The Morgan fingerprint density at radius 2 is 1.93 bits per heavy atom. The molecule has 1 saturated heterocycles. The molecule has 1 aliphatic carbocycles. The molecule has 3 aliphatic rings. The number of anilines is 1. The van der Waals surface area contributed by atoms with Gasteiger partial charge in [-0.05, 0) is 73.4 Å². The number of halogens is 1. The van der Waals surface area contributed by atoms with Gasteiger partial charge in [0, 0.05) is 36.5 Å². The molecule has 2 aromatic heterocycles. The van der Waals surface area contributed by atoms with Crippen molar-refractivity contribution in [2.45, 2.75) is 65.7 Å². The number of hydrogen-bond acceptors (Lipinski definition) is 6. The van der Waals surface area contributed by atoms with Crippen LogP contribution in [0.5, 0.6) is 5.75 Å². The number of fused-ring (bicyclic) bond motifs is 3. The number of rotatable bonds is 4. The van der Waals surface area contributed by atoms with Gasteiger partial charge in [-0.1, -0.05) is 26.0 Å². The maximum absolute atomic E-state index is 13.9. The molecule has 7 rings (SSSR count). The van der Waals surface area contributed by atoms with E-state index in [2.05, 4.69) is 70.0 Å². The van der Waals surface area contributed by atoms with E-state index >= 15 is 0 Å². The van der Waals surface area contributed by atoms with E-state index in [1.807, 2.05) is 6.92 Å². The van der Waals surface area contributed by atoms with Gasteiger partial charge in [0.05, 0.1) is 24.1 Å². The quantitative estimate of drug-likeness (QED) is 0.354. The van der Waals surface area contributed by atoms with Gasteiger partial charge in [-0.15, -0.1) is 0 Å². The third-order valence-corrected chi connectivity index (χ3v) is 8.66. The molecule has 0 bridgehead atoms. The van der Waals surface area contributed by atoms with Gasteiger partial charge in [-0.25, -0.2) is 19.3 Å². The second-order valence-corrected chi connectivity index (χ2v) is 12.5. The largest absolute Gasteiger partial charge is 0.491 e. The van der Waals surface area contributed by atoms with Crippen molar-refractivity contribution in [2.24, 2.45) is 5.41 Å². The Bertz CT molecular complexity index is 1580. The average Bonchev–Trinajstić information content (AvgIpc) is 3.43. The summed E-state index contributed by atoms with van der Waals surface area (Å²) >= 11 is 0. The fourth-order valence-electron chi connectivity index (χ4n) is 6.51. The van der Waals surface area contributed by atoms with Gasteiger partial charge >= 0.3 is 0 Å². The molecule has 0 spiro atoms. The monoisotopic (exact) mass is 540 g/mol. The molecule has 2 aliphatic heterocycles. The molecular formula is C32H37FN6O. The molecular weight excluding hydrogens is 503 g/mol. The maximum atomic E-state index is 13.9. The number of aromatic amines is 1. The first-order chi connectivity index (χ1) is 19.3. The molecule has 8 heteroatoms. The Kier molecular flexibility index (Phi) is 6.26. The summed E-state index contributed by atoms with van der Waals surface area (Å²) in [4.78, 5) is 22.6. The molecule has 40 heavy (non-hydrogen) atoms. The number of benzene rings is 2. The van der Waals surface area contributed by atoms with Crippen LogP contribution < -0.4 is 9.64 Å². The summed E-state index contributed by atoms with van der Waals surface area (Å²) in [5.41, 5.74) is 8.12. The SMILES string of the molecule is Cc1nc2ccc(-c3ccc4c(c3)CN(c3nc(CN5CCC(F)C5)nc5c3CC(C)(C)CC5)CCO4)cc2[nH]1. The number of aromatic nitrogens is 4. The normalized spacial score (nSPS) is 20.7. The van der Waals surface area contributed by atoms with E-state index in [1.165, 1.54) is 5.56 Å². The Morgan fingerprint density at radius 1 is 1.07 bits per heavy atom. The Hall–Kier alpha value is -3.52. The number of nitrogens with one attached hydrogen (secondary N) is 1. The van der Waals surface area contributed by atoms with Crippen molar-refractivity contribution in [1.82, 2.24) is 24.8 Å². The molecule has 0 saturated carbocycles. The molecule has 2 aromatic carbocycles. The van der Waals surface area contributed by atoms with Gasteiger partial charge in [0.15, 0.2) is 0 Å². The number of H-pyrrole nitrogens is 1. The number of ether oxygens (including phenoxy) is 1. The van der Waals surface area contributed by atoms with Crippen molar-refractivity contribution >= 4 is 16.9 Å². The van der Waals surface area contributed by atoms with Gasteiger partial charge in [-0.3, -0.25) is 4.90 Å². The van der Waals surface area contributed by atoms with Gasteiger partial charge < -0.3 is 14.6 Å². The van der Waals surface area contributed by atoms with Gasteiger partial charge in [-0.2, -0.15) is 0 Å². The lowest BCUT2D eigenvalue weighted by Gasteiger charge is -2.34. The highest BCUT2D eigenvalue weighted by molar-refractivity contribution is 5.82. The highest BCUT2D eigenvalue weighted by atomic mass is 19.1. The molecule has 1 unspecified atom stereocenters. The second-order valence-electron chi connectivity index (χ2n) is 12.5. The van der Waals surface area contributed by atoms with Crippen LogP contribution in [0.3, 0.4) is 0 Å². The third kappa shape index (κ3) is 4.94. The van der Waals surface area contributed by atoms with Crippen LogP contribution in [0, 0.1) is 12.3 Å². The zero-order chi connectivity index (χ0) is 27.4. The number of alkyl halides is 1. The van der Waals surface area contributed by atoms with E-state index in [0.717, 1.165) is 89.0 Å². The fraction of sp³-hybridized carbons (Fsp3) is 0.469. The van der Waals surface area contributed by atoms with Crippen molar-refractivity contribution in [3.63, 3.8) is 0 Å². The molecule has 4 heterocycles. The van der Waals surface area contributed by atoms with Crippen LogP contribution in [0.15, 0.2) is 36.4 Å². The minimum Gasteiger partial charge on any atom is -0.491 e. The highest BCUT2D eigenvalue weighted by Crippen LogP contribution is 2.39. The predicted molar refractivity (Wildman–Crippen MR) is 155 cm³/mol. The molecule has 0 radical (unpaired) electrons. The van der Waals surface area contributed by atoms with Crippen molar-refractivity contribution in [3.05, 3.63) is 64.9 Å². The first-order valence-electron chi connectivity index (χ1n) is 14.5. The predicted octanol–water partition coefficient (Wildman–Crippen LogP) is 5.79. The average molecular weight is 541 g/mol. The lowest BCUT2D eigenvalue weighted by molar-refractivity contribution is 0.275. The number of hydrogen-bond donors (Lipinski definition) is 1. The Morgan fingerprint density at radius 3 is 2.77 bits per heavy atom. The van der Waals surface area contributed by atoms with Crippen molar-refractivity contribution in [2.75, 3.05) is 31.1 Å². The number of aryl methyl sites for hydroxylation is 2. The topological polar surface area (TPSA) is 70.2 Å². The summed E-state index contributed by atoms with van der Waals surface area (Å²) in [6.07, 6.45) is 2.88. The molecule has 1 atom stereocenters. The van der Waals surface area contributed by atoms with Crippen molar-refractivity contribution in [3.8, 4) is 16.9 Å². The lowest BCUT2D eigenvalue weighted by Crippen LogP contribution is -2.32. The standard InChI is InChI=1S/C32H37FN6O/c1-20-34-27-6-4-22(15-28(27)35-20)21-5-7-29-23(14-21)17-39(12-13-40-29)31-25-16-32(2,3)10-8-26(25)36-30(37-31)19-38-11-9-24(33)18-38/h4-7,14-15,24H,8-13,16-19H2,1-3H3,(H,34,35). The van der Waals surface area contributed by atoms with Crippen LogP contribution in [-0.4, -0.2) is 57.2 Å². The summed E-state index contributed by atoms with van der Waals surface area (Å²) in [7, 11) is 0. The fourth-order valence-corrected chi connectivity index (χ4v) is 6.51. The summed E-state index contributed by atoms with van der Waals surface area (Å²) in [5.74, 6) is 3.69.